The number of benzene rings is 3. The summed E-state index contributed by atoms with van der Waals surface area (Å²) >= 11 is 0. The molecule has 184 valence electrons. The van der Waals surface area contributed by atoms with Crippen LogP contribution in [0.25, 0.3) is 22.0 Å². The second kappa shape index (κ2) is 9.99. The maximum absolute atomic E-state index is 13.3. The van der Waals surface area contributed by atoms with Crippen LogP contribution >= 0.6 is 0 Å². The second-order valence-electron chi connectivity index (χ2n) is 9.48. The number of nitrogens with zero attached hydrogens (tertiary/aromatic N) is 2. The van der Waals surface area contributed by atoms with Gasteiger partial charge in [0, 0.05) is 42.8 Å². The summed E-state index contributed by atoms with van der Waals surface area (Å²) in [6.07, 6.45) is 1.89. The number of morpholine rings is 1. The molecule has 2 heterocycles. The van der Waals surface area contributed by atoms with Crippen LogP contribution in [-0.4, -0.2) is 47.6 Å². The van der Waals surface area contributed by atoms with Gasteiger partial charge < -0.3 is 19.5 Å². The molecule has 0 spiro atoms. The lowest BCUT2D eigenvalue weighted by molar-refractivity contribution is 0.0303. The molecule has 1 atom stereocenters. The number of carbonyl (C=O) groups excluding carboxylic acids is 2. The van der Waals surface area contributed by atoms with Crippen LogP contribution in [0.5, 0.6) is 0 Å². The largest absolute Gasteiger partial charge is 0.378 e. The van der Waals surface area contributed by atoms with Crippen LogP contribution in [0.15, 0.2) is 72.9 Å². The van der Waals surface area contributed by atoms with Crippen LogP contribution in [0.4, 0.5) is 0 Å². The SMILES string of the molecule is Cc1cccc([C@H](C)NC(=O)c2cn(C)c3ccc(-c4ccc(C(=O)N5CCOCC5)cc4)cc23)c1. The number of aromatic nitrogens is 1. The summed E-state index contributed by atoms with van der Waals surface area (Å²) in [4.78, 5) is 27.9. The average molecular weight is 482 g/mol. The third-order valence-corrected chi connectivity index (χ3v) is 6.89. The monoisotopic (exact) mass is 481 g/mol. The lowest BCUT2D eigenvalue weighted by Gasteiger charge is -2.26. The first-order chi connectivity index (χ1) is 17.4. The zero-order chi connectivity index (χ0) is 25.2. The highest BCUT2D eigenvalue weighted by atomic mass is 16.5. The van der Waals surface area contributed by atoms with Crippen LogP contribution in [0, 0.1) is 6.92 Å². The first kappa shape index (κ1) is 23.8. The van der Waals surface area contributed by atoms with Gasteiger partial charge in [0.1, 0.15) is 0 Å². The van der Waals surface area contributed by atoms with Crippen molar-refractivity contribution in [3.8, 4) is 11.1 Å². The van der Waals surface area contributed by atoms with Crippen LogP contribution in [-0.2, 0) is 11.8 Å². The van der Waals surface area contributed by atoms with Crippen molar-refractivity contribution in [3.63, 3.8) is 0 Å². The Morgan fingerprint density at radius 2 is 1.67 bits per heavy atom. The molecule has 1 fully saturated rings. The van der Waals surface area contributed by atoms with Gasteiger partial charge in [-0.1, -0.05) is 48.0 Å². The molecule has 2 amide bonds. The quantitative estimate of drug-likeness (QED) is 0.431. The summed E-state index contributed by atoms with van der Waals surface area (Å²) in [5.74, 6) is -0.0664. The van der Waals surface area contributed by atoms with E-state index in [2.05, 4.69) is 36.5 Å². The van der Waals surface area contributed by atoms with E-state index in [1.54, 1.807) is 0 Å². The van der Waals surface area contributed by atoms with Crippen molar-refractivity contribution in [1.82, 2.24) is 14.8 Å². The lowest BCUT2D eigenvalue weighted by atomic mass is 10.0. The van der Waals surface area contributed by atoms with Gasteiger partial charge in [0.25, 0.3) is 11.8 Å². The lowest BCUT2D eigenvalue weighted by Crippen LogP contribution is -2.40. The molecule has 1 N–H and O–H groups in total. The Hall–Kier alpha value is -3.90. The number of rotatable bonds is 5. The summed E-state index contributed by atoms with van der Waals surface area (Å²) in [5.41, 5.74) is 6.56. The molecule has 6 heteroatoms. The molecule has 4 aromatic rings. The molecular formula is C30H31N3O3. The minimum absolute atomic E-state index is 0.0325. The standard InChI is InChI=1S/C30H31N3O3/c1-20-5-4-6-24(17-20)21(2)31-29(34)27-19-32(3)28-12-11-25(18-26(27)28)22-7-9-23(10-8-22)30(35)33-13-15-36-16-14-33/h4-12,17-19,21H,13-16H2,1-3H3,(H,31,34)/t21-/m0/s1. The van der Waals surface area contributed by atoms with Crippen LogP contribution in [0.3, 0.4) is 0 Å². The van der Waals surface area contributed by atoms with Gasteiger partial charge in [-0.3, -0.25) is 9.59 Å². The number of fused-ring (bicyclic) bond motifs is 1. The van der Waals surface area contributed by atoms with Gasteiger partial charge in [0.2, 0.25) is 0 Å². The number of nitrogens with one attached hydrogen (secondary N) is 1. The van der Waals surface area contributed by atoms with E-state index in [-0.39, 0.29) is 17.9 Å². The van der Waals surface area contributed by atoms with E-state index in [0.29, 0.717) is 37.4 Å². The number of hydrogen-bond acceptors (Lipinski definition) is 3. The van der Waals surface area contributed by atoms with Gasteiger partial charge in [-0.05, 0) is 54.8 Å². The topological polar surface area (TPSA) is 63.6 Å². The van der Waals surface area contributed by atoms with Crippen molar-refractivity contribution in [2.45, 2.75) is 19.9 Å². The van der Waals surface area contributed by atoms with E-state index < -0.39 is 0 Å². The Morgan fingerprint density at radius 3 is 2.39 bits per heavy atom. The normalized spacial score (nSPS) is 14.6. The molecule has 1 aliphatic rings. The number of carbonyl (C=O) groups is 2. The predicted octanol–water partition coefficient (Wildman–Crippen LogP) is 5.12. The van der Waals surface area contributed by atoms with Crippen LogP contribution < -0.4 is 5.32 Å². The van der Waals surface area contributed by atoms with Crippen molar-refractivity contribution in [1.29, 1.82) is 0 Å². The van der Waals surface area contributed by atoms with E-state index in [0.717, 1.165) is 27.6 Å². The third kappa shape index (κ3) is 4.77. The highest BCUT2D eigenvalue weighted by Crippen LogP contribution is 2.29. The Balaban J connectivity index is 1.39. The smallest absolute Gasteiger partial charge is 0.254 e. The second-order valence-corrected chi connectivity index (χ2v) is 9.48. The third-order valence-electron chi connectivity index (χ3n) is 6.89. The average Bonchev–Trinajstić information content (AvgIpc) is 3.24. The Morgan fingerprint density at radius 1 is 0.944 bits per heavy atom. The van der Waals surface area contributed by atoms with Crippen LogP contribution in [0.2, 0.25) is 0 Å². The summed E-state index contributed by atoms with van der Waals surface area (Å²) < 4.78 is 7.33. The Kier molecular flexibility index (Phi) is 6.61. The molecule has 0 saturated carbocycles. The fourth-order valence-corrected chi connectivity index (χ4v) is 4.80. The van der Waals surface area contributed by atoms with Gasteiger partial charge in [0.05, 0.1) is 24.8 Å². The van der Waals surface area contributed by atoms with Crippen LogP contribution in [0.1, 0.15) is 44.8 Å². The maximum Gasteiger partial charge on any atom is 0.254 e. The number of amides is 2. The Labute approximate surface area is 211 Å². The first-order valence-electron chi connectivity index (χ1n) is 12.3. The number of ether oxygens (including phenoxy) is 1. The van der Waals surface area contributed by atoms with Gasteiger partial charge >= 0.3 is 0 Å². The number of aryl methyl sites for hydroxylation is 2. The van der Waals surface area contributed by atoms with Gasteiger partial charge in [0.15, 0.2) is 0 Å². The molecule has 1 saturated heterocycles. The molecule has 0 radical (unpaired) electrons. The molecular weight excluding hydrogens is 450 g/mol. The molecule has 5 rings (SSSR count). The van der Waals surface area contributed by atoms with E-state index >= 15 is 0 Å². The zero-order valence-corrected chi connectivity index (χ0v) is 21.0. The van der Waals surface area contributed by atoms with Crippen molar-refractivity contribution in [3.05, 3.63) is 95.2 Å². The summed E-state index contributed by atoms with van der Waals surface area (Å²) in [6, 6.07) is 21.9. The molecule has 36 heavy (non-hydrogen) atoms. The summed E-state index contributed by atoms with van der Waals surface area (Å²) in [6.45, 7) is 6.47. The van der Waals surface area contributed by atoms with Gasteiger partial charge in [-0.25, -0.2) is 0 Å². The molecule has 1 aliphatic heterocycles. The first-order valence-corrected chi connectivity index (χ1v) is 12.3. The van der Waals surface area contributed by atoms with Gasteiger partial charge in [-0.2, -0.15) is 0 Å². The summed E-state index contributed by atoms with van der Waals surface area (Å²) in [7, 11) is 1.95. The van der Waals surface area contributed by atoms with Crippen molar-refractivity contribution in [2.24, 2.45) is 7.05 Å². The molecule has 1 aromatic heterocycles. The molecule has 3 aromatic carbocycles. The van der Waals surface area contributed by atoms with E-state index in [4.69, 9.17) is 4.74 Å². The predicted molar refractivity (Wildman–Crippen MR) is 142 cm³/mol. The fourth-order valence-electron chi connectivity index (χ4n) is 4.80. The highest BCUT2D eigenvalue weighted by molar-refractivity contribution is 6.08. The van der Waals surface area contributed by atoms with Crippen molar-refractivity contribution >= 4 is 22.7 Å². The Bertz CT molecular complexity index is 1420. The van der Waals surface area contributed by atoms with E-state index in [9.17, 15) is 9.59 Å². The fraction of sp³-hybridized carbons (Fsp3) is 0.267. The van der Waals surface area contributed by atoms with E-state index in [1.807, 2.05) is 72.1 Å². The zero-order valence-electron chi connectivity index (χ0n) is 21.0. The molecule has 0 unspecified atom stereocenters. The molecule has 0 aliphatic carbocycles. The maximum atomic E-state index is 13.3. The van der Waals surface area contributed by atoms with E-state index in [1.165, 1.54) is 5.56 Å². The van der Waals surface area contributed by atoms with Crippen molar-refractivity contribution < 1.29 is 14.3 Å². The number of hydrogen-bond donors (Lipinski definition) is 1. The van der Waals surface area contributed by atoms with Gasteiger partial charge in [-0.15, -0.1) is 0 Å². The molecule has 0 bridgehead atoms. The highest BCUT2D eigenvalue weighted by Gasteiger charge is 2.20. The summed E-state index contributed by atoms with van der Waals surface area (Å²) in [5, 5.41) is 4.05. The van der Waals surface area contributed by atoms with Crippen molar-refractivity contribution in [2.75, 3.05) is 26.3 Å². The minimum atomic E-state index is -0.104. The molecule has 6 nitrogen and oxygen atoms in total. The minimum Gasteiger partial charge on any atom is -0.378 e.